The molecule has 0 spiro atoms. The molecule has 0 aliphatic carbocycles. The summed E-state index contributed by atoms with van der Waals surface area (Å²) in [5, 5.41) is 11.0. The van der Waals surface area contributed by atoms with Crippen molar-refractivity contribution in [3.8, 4) is 0 Å². The molecule has 110 valence electrons. The van der Waals surface area contributed by atoms with Crippen molar-refractivity contribution in [3.63, 3.8) is 0 Å². The Hall–Kier alpha value is -1.78. The molecule has 2 rings (SSSR count). The summed E-state index contributed by atoms with van der Waals surface area (Å²) in [5.74, 6) is -0.786. The summed E-state index contributed by atoms with van der Waals surface area (Å²) >= 11 is 11.8. The quantitative estimate of drug-likeness (QED) is 0.848. The Kier molecular flexibility index (Phi) is 4.70. The SMILES string of the molecule is CCOC(=O)C1=C(O)C(=Cc2ccc(Cl)c(Cl)c2)N=C1C. The highest BCUT2D eigenvalue weighted by Gasteiger charge is 2.27. The number of hydrogen-bond acceptors (Lipinski definition) is 4. The molecule has 0 saturated heterocycles. The highest BCUT2D eigenvalue weighted by atomic mass is 35.5. The van der Waals surface area contributed by atoms with E-state index in [1.807, 2.05) is 0 Å². The lowest BCUT2D eigenvalue weighted by Crippen LogP contribution is -2.13. The van der Waals surface area contributed by atoms with Crippen LogP contribution in [0, 0.1) is 0 Å². The van der Waals surface area contributed by atoms with Gasteiger partial charge in [0.15, 0.2) is 5.76 Å². The zero-order valence-corrected chi connectivity index (χ0v) is 13.0. The van der Waals surface area contributed by atoms with Gasteiger partial charge in [0, 0.05) is 0 Å². The smallest absolute Gasteiger partial charge is 0.343 e. The molecular formula is C15H13Cl2NO3. The maximum atomic E-state index is 11.8. The molecule has 1 aromatic carbocycles. The van der Waals surface area contributed by atoms with E-state index in [4.69, 9.17) is 27.9 Å². The van der Waals surface area contributed by atoms with Gasteiger partial charge in [0.1, 0.15) is 11.3 Å². The van der Waals surface area contributed by atoms with Crippen LogP contribution in [-0.2, 0) is 9.53 Å². The van der Waals surface area contributed by atoms with Crippen molar-refractivity contribution in [2.24, 2.45) is 4.99 Å². The second-order valence-corrected chi connectivity index (χ2v) is 5.16. The molecule has 0 aromatic heterocycles. The monoisotopic (exact) mass is 325 g/mol. The highest BCUT2D eigenvalue weighted by molar-refractivity contribution is 6.42. The van der Waals surface area contributed by atoms with Crippen LogP contribution in [0.5, 0.6) is 0 Å². The average molecular weight is 326 g/mol. The molecule has 1 heterocycles. The van der Waals surface area contributed by atoms with Crippen LogP contribution in [-0.4, -0.2) is 23.4 Å². The molecule has 0 radical (unpaired) electrons. The summed E-state index contributed by atoms with van der Waals surface area (Å²) in [6, 6.07) is 5.04. The minimum Gasteiger partial charge on any atom is -0.505 e. The van der Waals surface area contributed by atoms with Crippen molar-refractivity contribution < 1.29 is 14.6 Å². The molecule has 0 fully saturated rings. The maximum absolute atomic E-state index is 11.8. The number of ether oxygens (including phenoxy) is 1. The van der Waals surface area contributed by atoms with Crippen LogP contribution in [0.15, 0.2) is 40.2 Å². The number of carbonyl (C=O) groups is 1. The van der Waals surface area contributed by atoms with Crippen molar-refractivity contribution in [2.45, 2.75) is 13.8 Å². The van der Waals surface area contributed by atoms with E-state index in [1.54, 1.807) is 38.1 Å². The third kappa shape index (κ3) is 3.28. The molecule has 1 aromatic rings. The van der Waals surface area contributed by atoms with Crippen molar-refractivity contribution in [1.29, 1.82) is 0 Å². The van der Waals surface area contributed by atoms with E-state index >= 15 is 0 Å². The van der Waals surface area contributed by atoms with Gasteiger partial charge in [0.25, 0.3) is 0 Å². The Balaban J connectivity index is 2.39. The molecule has 6 heteroatoms. The summed E-state index contributed by atoms with van der Waals surface area (Å²) in [4.78, 5) is 16.0. The third-order valence-electron chi connectivity index (χ3n) is 2.86. The van der Waals surface area contributed by atoms with Crippen molar-refractivity contribution >= 4 is 41.0 Å². The Morgan fingerprint density at radius 2 is 2.10 bits per heavy atom. The van der Waals surface area contributed by atoms with Gasteiger partial charge in [-0.25, -0.2) is 9.79 Å². The van der Waals surface area contributed by atoms with Crippen LogP contribution in [0.25, 0.3) is 6.08 Å². The number of halogens is 2. The number of esters is 1. The minimum absolute atomic E-state index is 0.0863. The lowest BCUT2D eigenvalue weighted by Gasteiger charge is -2.03. The summed E-state index contributed by atoms with van der Waals surface area (Å²) in [7, 11) is 0. The second kappa shape index (κ2) is 6.33. The van der Waals surface area contributed by atoms with Crippen LogP contribution in [0.3, 0.4) is 0 Å². The van der Waals surface area contributed by atoms with Gasteiger partial charge < -0.3 is 9.84 Å². The van der Waals surface area contributed by atoms with Gasteiger partial charge >= 0.3 is 5.97 Å². The van der Waals surface area contributed by atoms with Gasteiger partial charge in [-0.15, -0.1) is 0 Å². The summed E-state index contributed by atoms with van der Waals surface area (Å²) < 4.78 is 4.90. The Morgan fingerprint density at radius 3 is 2.71 bits per heavy atom. The van der Waals surface area contributed by atoms with Crippen LogP contribution in [0.2, 0.25) is 10.0 Å². The Morgan fingerprint density at radius 1 is 1.38 bits per heavy atom. The number of aliphatic hydroxyl groups is 1. The van der Waals surface area contributed by atoms with Gasteiger partial charge in [-0.2, -0.15) is 0 Å². The van der Waals surface area contributed by atoms with E-state index in [1.165, 1.54) is 0 Å². The molecular weight excluding hydrogens is 313 g/mol. The fourth-order valence-corrected chi connectivity index (χ4v) is 2.20. The van der Waals surface area contributed by atoms with E-state index in [9.17, 15) is 9.90 Å². The average Bonchev–Trinajstić information content (AvgIpc) is 2.69. The van der Waals surface area contributed by atoms with Crippen molar-refractivity contribution in [2.75, 3.05) is 6.61 Å². The first-order chi connectivity index (χ1) is 9.93. The predicted molar refractivity (Wildman–Crippen MR) is 83.8 cm³/mol. The molecule has 1 aliphatic rings. The lowest BCUT2D eigenvalue weighted by atomic mass is 10.1. The second-order valence-electron chi connectivity index (χ2n) is 4.34. The summed E-state index contributed by atoms with van der Waals surface area (Å²) in [5.41, 5.74) is 1.50. The number of nitrogens with zero attached hydrogens (tertiary/aromatic N) is 1. The molecule has 21 heavy (non-hydrogen) atoms. The first kappa shape index (κ1) is 15.6. The first-order valence-corrected chi connectivity index (χ1v) is 7.02. The highest BCUT2D eigenvalue weighted by Crippen LogP contribution is 2.28. The van der Waals surface area contributed by atoms with Crippen LogP contribution >= 0.6 is 23.2 Å². The fourth-order valence-electron chi connectivity index (χ4n) is 1.90. The van der Waals surface area contributed by atoms with Gasteiger partial charge in [-0.1, -0.05) is 29.3 Å². The molecule has 0 bridgehead atoms. The zero-order chi connectivity index (χ0) is 15.6. The third-order valence-corrected chi connectivity index (χ3v) is 3.60. The zero-order valence-electron chi connectivity index (χ0n) is 11.5. The van der Waals surface area contributed by atoms with Crippen molar-refractivity contribution in [1.82, 2.24) is 0 Å². The summed E-state index contributed by atoms with van der Waals surface area (Å²) in [6.07, 6.45) is 1.62. The largest absolute Gasteiger partial charge is 0.505 e. The number of hydrogen-bond donors (Lipinski definition) is 1. The molecule has 0 amide bonds. The van der Waals surface area contributed by atoms with Gasteiger partial charge in [-0.3, -0.25) is 0 Å². The molecule has 0 unspecified atom stereocenters. The van der Waals surface area contributed by atoms with E-state index in [2.05, 4.69) is 4.99 Å². The van der Waals surface area contributed by atoms with Crippen LogP contribution in [0.4, 0.5) is 0 Å². The van der Waals surface area contributed by atoms with E-state index in [0.717, 1.165) is 0 Å². The van der Waals surface area contributed by atoms with Gasteiger partial charge in [-0.05, 0) is 37.6 Å². The maximum Gasteiger partial charge on any atom is 0.343 e. The molecule has 4 nitrogen and oxygen atoms in total. The number of carbonyl (C=O) groups excluding carboxylic acids is 1. The Bertz CT molecular complexity index is 690. The van der Waals surface area contributed by atoms with Gasteiger partial charge in [0.2, 0.25) is 0 Å². The first-order valence-electron chi connectivity index (χ1n) is 6.27. The van der Waals surface area contributed by atoms with E-state index < -0.39 is 5.97 Å². The standard InChI is InChI=1S/C15H13Cl2NO3/c1-3-21-15(20)13-8(2)18-12(14(13)19)7-9-4-5-10(16)11(17)6-9/h4-7,19H,3H2,1-2H3. The number of benzene rings is 1. The number of aliphatic hydroxyl groups excluding tert-OH is 1. The van der Waals surface area contributed by atoms with E-state index in [-0.39, 0.29) is 23.6 Å². The Labute approximate surface area is 132 Å². The topological polar surface area (TPSA) is 58.9 Å². The predicted octanol–water partition coefficient (Wildman–Crippen LogP) is 4.18. The minimum atomic E-state index is -0.589. The number of rotatable bonds is 3. The lowest BCUT2D eigenvalue weighted by molar-refractivity contribution is -0.138. The normalized spacial score (nSPS) is 16.4. The summed E-state index contributed by atoms with van der Waals surface area (Å²) in [6.45, 7) is 3.57. The van der Waals surface area contributed by atoms with Crippen LogP contribution < -0.4 is 0 Å². The number of aliphatic imine (C=N–C) groups is 1. The van der Waals surface area contributed by atoms with E-state index in [0.29, 0.717) is 21.3 Å². The molecule has 0 saturated carbocycles. The van der Waals surface area contributed by atoms with Crippen molar-refractivity contribution in [3.05, 3.63) is 50.8 Å². The molecule has 1 N–H and O–H groups in total. The van der Waals surface area contributed by atoms with Gasteiger partial charge in [0.05, 0.1) is 22.4 Å². The molecule has 1 aliphatic heterocycles. The molecule has 0 atom stereocenters. The van der Waals surface area contributed by atoms with Crippen LogP contribution in [0.1, 0.15) is 19.4 Å². The fraction of sp³-hybridized carbons (Fsp3) is 0.200.